The standard InChI is InChI=1S/C19H17N5O3/c1-13-16-11-21-24(14-6-3-2-4-7-14)18(16)19(26)23(22-13)12-17(25)20-10-15-8-5-9-27-15/h2-9,11H,10,12H2,1H3,(H,20,25). The molecule has 1 amide bonds. The Morgan fingerprint density at radius 2 is 2.00 bits per heavy atom. The first-order valence-electron chi connectivity index (χ1n) is 8.43. The van der Waals surface area contributed by atoms with Gasteiger partial charge in [0.1, 0.15) is 17.8 Å². The van der Waals surface area contributed by atoms with Gasteiger partial charge in [-0.05, 0) is 31.2 Å². The number of aromatic nitrogens is 4. The lowest BCUT2D eigenvalue weighted by Gasteiger charge is -2.09. The Labute approximate surface area is 154 Å². The van der Waals surface area contributed by atoms with Crippen molar-refractivity contribution in [2.24, 2.45) is 0 Å². The minimum atomic E-state index is -0.370. The van der Waals surface area contributed by atoms with Crippen LogP contribution in [0.25, 0.3) is 16.6 Å². The maximum atomic E-state index is 12.9. The van der Waals surface area contributed by atoms with Gasteiger partial charge in [-0.3, -0.25) is 9.59 Å². The maximum Gasteiger partial charge on any atom is 0.293 e. The molecule has 0 fully saturated rings. The van der Waals surface area contributed by atoms with Gasteiger partial charge >= 0.3 is 0 Å². The third-order valence-corrected chi connectivity index (χ3v) is 4.20. The van der Waals surface area contributed by atoms with Crippen molar-refractivity contribution in [3.63, 3.8) is 0 Å². The van der Waals surface area contributed by atoms with Gasteiger partial charge in [0, 0.05) is 5.39 Å². The minimum Gasteiger partial charge on any atom is -0.467 e. The van der Waals surface area contributed by atoms with Crippen LogP contribution in [-0.2, 0) is 17.9 Å². The number of carbonyl (C=O) groups excluding carboxylic acids is 1. The largest absolute Gasteiger partial charge is 0.467 e. The van der Waals surface area contributed by atoms with Crippen LogP contribution < -0.4 is 10.9 Å². The number of hydrogen-bond donors (Lipinski definition) is 1. The second-order valence-corrected chi connectivity index (χ2v) is 6.06. The molecule has 27 heavy (non-hydrogen) atoms. The van der Waals surface area contributed by atoms with Gasteiger partial charge in [0.05, 0.1) is 30.4 Å². The second kappa shape index (κ2) is 6.91. The van der Waals surface area contributed by atoms with Gasteiger partial charge in [-0.1, -0.05) is 18.2 Å². The van der Waals surface area contributed by atoms with Crippen molar-refractivity contribution in [1.29, 1.82) is 0 Å². The summed E-state index contributed by atoms with van der Waals surface area (Å²) in [5.41, 5.74) is 1.42. The van der Waals surface area contributed by atoms with Crippen LogP contribution >= 0.6 is 0 Å². The van der Waals surface area contributed by atoms with E-state index < -0.39 is 0 Å². The van der Waals surface area contributed by atoms with Crippen molar-refractivity contribution in [1.82, 2.24) is 24.9 Å². The highest BCUT2D eigenvalue weighted by atomic mass is 16.3. The van der Waals surface area contributed by atoms with Crippen molar-refractivity contribution >= 4 is 16.8 Å². The number of aryl methyl sites for hydroxylation is 1. The Morgan fingerprint density at radius 1 is 1.19 bits per heavy atom. The smallest absolute Gasteiger partial charge is 0.293 e. The highest BCUT2D eigenvalue weighted by molar-refractivity contribution is 5.82. The molecule has 4 aromatic rings. The summed E-state index contributed by atoms with van der Waals surface area (Å²) in [6.07, 6.45) is 3.16. The molecule has 1 aromatic carbocycles. The molecule has 0 aliphatic heterocycles. The van der Waals surface area contributed by atoms with Gasteiger partial charge in [-0.15, -0.1) is 0 Å². The lowest BCUT2D eigenvalue weighted by molar-refractivity contribution is -0.122. The SMILES string of the molecule is Cc1nn(CC(=O)NCc2ccco2)c(=O)c2c1cnn2-c1ccccc1. The minimum absolute atomic E-state index is 0.184. The summed E-state index contributed by atoms with van der Waals surface area (Å²) < 4.78 is 7.91. The number of nitrogens with zero attached hydrogens (tertiary/aromatic N) is 4. The molecule has 8 heteroatoms. The van der Waals surface area contributed by atoms with Crippen LogP contribution in [-0.4, -0.2) is 25.5 Å². The molecule has 0 bridgehead atoms. The Hall–Kier alpha value is -3.68. The number of benzene rings is 1. The zero-order valence-electron chi connectivity index (χ0n) is 14.6. The van der Waals surface area contributed by atoms with Gasteiger partial charge in [0.15, 0.2) is 0 Å². The lowest BCUT2D eigenvalue weighted by Crippen LogP contribution is -2.34. The summed E-state index contributed by atoms with van der Waals surface area (Å²) in [5.74, 6) is 0.308. The first-order chi connectivity index (χ1) is 13.1. The van der Waals surface area contributed by atoms with Crippen molar-refractivity contribution in [3.8, 4) is 5.69 Å². The summed E-state index contributed by atoms with van der Waals surface area (Å²) in [5, 5.41) is 12.0. The van der Waals surface area contributed by atoms with E-state index in [1.54, 1.807) is 29.9 Å². The molecular weight excluding hydrogens is 346 g/mol. The zero-order valence-corrected chi connectivity index (χ0v) is 14.6. The Kier molecular flexibility index (Phi) is 4.29. The third kappa shape index (κ3) is 3.24. The van der Waals surface area contributed by atoms with Crippen molar-refractivity contribution < 1.29 is 9.21 Å². The molecule has 3 heterocycles. The molecule has 0 aliphatic carbocycles. The van der Waals surface area contributed by atoms with Crippen molar-refractivity contribution in [3.05, 3.63) is 76.7 Å². The van der Waals surface area contributed by atoms with E-state index in [1.165, 1.54) is 6.26 Å². The number of amides is 1. The van der Waals surface area contributed by atoms with E-state index in [9.17, 15) is 9.59 Å². The molecule has 0 unspecified atom stereocenters. The number of furan rings is 1. The molecule has 0 spiro atoms. The summed E-state index contributed by atoms with van der Waals surface area (Å²) in [4.78, 5) is 25.2. The molecule has 8 nitrogen and oxygen atoms in total. The van der Waals surface area contributed by atoms with Gasteiger partial charge in [-0.25, -0.2) is 9.36 Å². The van der Waals surface area contributed by atoms with Crippen molar-refractivity contribution in [2.75, 3.05) is 0 Å². The van der Waals surface area contributed by atoms with E-state index >= 15 is 0 Å². The van der Waals surface area contributed by atoms with E-state index in [0.717, 1.165) is 10.4 Å². The molecule has 0 saturated carbocycles. The fourth-order valence-electron chi connectivity index (χ4n) is 2.88. The molecule has 136 valence electrons. The molecule has 0 radical (unpaired) electrons. The zero-order chi connectivity index (χ0) is 18.8. The second-order valence-electron chi connectivity index (χ2n) is 6.06. The van der Waals surface area contributed by atoms with Gasteiger partial charge < -0.3 is 9.73 Å². The Balaban J connectivity index is 1.66. The van der Waals surface area contributed by atoms with Crippen LogP contribution in [0.3, 0.4) is 0 Å². The lowest BCUT2D eigenvalue weighted by atomic mass is 10.2. The average molecular weight is 363 g/mol. The number of fused-ring (bicyclic) bond motifs is 1. The number of para-hydroxylation sites is 1. The van der Waals surface area contributed by atoms with Gasteiger partial charge in [0.25, 0.3) is 5.56 Å². The number of carbonyl (C=O) groups is 1. The highest BCUT2D eigenvalue weighted by Crippen LogP contribution is 2.16. The number of hydrogen-bond acceptors (Lipinski definition) is 5. The van der Waals surface area contributed by atoms with E-state index in [1.807, 2.05) is 30.3 Å². The molecule has 3 aromatic heterocycles. The van der Waals surface area contributed by atoms with E-state index in [4.69, 9.17) is 4.42 Å². The first-order valence-corrected chi connectivity index (χ1v) is 8.43. The Bertz CT molecular complexity index is 1140. The molecule has 4 rings (SSSR count). The van der Waals surface area contributed by atoms with Crippen LogP contribution in [0, 0.1) is 6.92 Å². The summed E-state index contributed by atoms with van der Waals surface area (Å²) in [7, 11) is 0. The third-order valence-electron chi connectivity index (χ3n) is 4.20. The van der Waals surface area contributed by atoms with E-state index in [-0.39, 0.29) is 24.6 Å². The van der Waals surface area contributed by atoms with Crippen LogP contribution in [0.5, 0.6) is 0 Å². The fourth-order valence-corrected chi connectivity index (χ4v) is 2.88. The van der Waals surface area contributed by atoms with Gasteiger partial charge in [-0.2, -0.15) is 10.2 Å². The molecule has 0 aliphatic rings. The summed E-state index contributed by atoms with van der Waals surface area (Å²) in [6, 6.07) is 12.9. The normalized spacial score (nSPS) is 11.0. The van der Waals surface area contributed by atoms with Crippen LogP contribution in [0.1, 0.15) is 11.5 Å². The molecule has 0 atom stereocenters. The number of rotatable bonds is 5. The summed E-state index contributed by atoms with van der Waals surface area (Å²) >= 11 is 0. The highest BCUT2D eigenvalue weighted by Gasteiger charge is 2.16. The van der Waals surface area contributed by atoms with Crippen molar-refractivity contribution in [2.45, 2.75) is 20.0 Å². The first kappa shape index (κ1) is 16.8. The monoisotopic (exact) mass is 363 g/mol. The quantitative estimate of drug-likeness (QED) is 0.583. The van der Waals surface area contributed by atoms with Gasteiger partial charge in [0.2, 0.25) is 5.91 Å². The van der Waals surface area contributed by atoms with E-state index in [2.05, 4.69) is 15.5 Å². The van der Waals surface area contributed by atoms with Crippen LogP contribution in [0.15, 0.2) is 64.1 Å². The Morgan fingerprint density at radius 3 is 2.74 bits per heavy atom. The predicted molar refractivity (Wildman–Crippen MR) is 98.4 cm³/mol. The fraction of sp³-hybridized carbons (Fsp3) is 0.158. The number of nitrogens with one attached hydrogen (secondary N) is 1. The average Bonchev–Trinajstić information content (AvgIpc) is 3.35. The molecular formula is C19H17N5O3. The van der Waals surface area contributed by atoms with E-state index in [0.29, 0.717) is 22.4 Å². The topological polar surface area (TPSA) is 94.9 Å². The molecule has 0 saturated heterocycles. The maximum absolute atomic E-state index is 12.9. The predicted octanol–water partition coefficient (Wildman–Crippen LogP) is 1.80. The van der Waals surface area contributed by atoms with Crippen LogP contribution in [0.2, 0.25) is 0 Å². The van der Waals surface area contributed by atoms with Crippen LogP contribution in [0.4, 0.5) is 0 Å². The summed E-state index contributed by atoms with van der Waals surface area (Å²) in [6.45, 7) is 1.86. The molecule has 1 N–H and O–H groups in total.